The van der Waals surface area contributed by atoms with E-state index in [0.717, 1.165) is 30.5 Å². The molecule has 0 unspecified atom stereocenters. The van der Waals surface area contributed by atoms with Gasteiger partial charge in [-0.3, -0.25) is 0 Å². The molecule has 0 amide bonds. The normalized spacial score (nSPS) is 11.2. The van der Waals surface area contributed by atoms with Gasteiger partial charge in [0.15, 0.2) is 0 Å². The summed E-state index contributed by atoms with van der Waals surface area (Å²) in [6, 6.07) is 5.73. The molecule has 2 heterocycles. The third-order valence-corrected chi connectivity index (χ3v) is 3.42. The maximum atomic E-state index is 6.11. The summed E-state index contributed by atoms with van der Waals surface area (Å²) in [6.45, 7) is 1.71. The first kappa shape index (κ1) is 12.0. The van der Waals surface area contributed by atoms with E-state index in [-0.39, 0.29) is 0 Å². The van der Waals surface area contributed by atoms with Crippen LogP contribution in [0.5, 0.6) is 0 Å². The van der Waals surface area contributed by atoms with Gasteiger partial charge in [0.1, 0.15) is 5.52 Å². The Balaban J connectivity index is 1.81. The minimum atomic E-state index is 0.508. The molecule has 19 heavy (non-hydrogen) atoms. The molecular weight excluding hydrogens is 262 g/mol. The molecule has 0 atom stereocenters. The van der Waals surface area contributed by atoms with Crippen molar-refractivity contribution in [3.8, 4) is 0 Å². The quantitative estimate of drug-likeness (QED) is 0.796. The summed E-state index contributed by atoms with van der Waals surface area (Å²) in [5, 5.41) is 0.637. The van der Waals surface area contributed by atoms with Crippen LogP contribution < -0.4 is 5.73 Å². The number of fused-ring (bicyclic) bond motifs is 1. The zero-order chi connectivity index (χ0) is 13.2. The number of para-hydroxylation sites is 1. The summed E-state index contributed by atoms with van der Waals surface area (Å²) in [4.78, 5) is 8.34. The number of hydrogen-bond donors (Lipinski definition) is 1. The number of anilines is 1. The topological polar surface area (TPSA) is 61.7 Å². The summed E-state index contributed by atoms with van der Waals surface area (Å²) in [7, 11) is 0. The summed E-state index contributed by atoms with van der Waals surface area (Å²) >= 11 is 6.11. The molecule has 98 valence electrons. The smallest absolute Gasteiger partial charge is 0.201 e. The van der Waals surface area contributed by atoms with Crippen LogP contribution in [-0.4, -0.2) is 19.1 Å². The molecule has 0 spiro atoms. The van der Waals surface area contributed by atoms with Crippen LogP contribution in [0.1, 0.15) is 6.42 Å². The second kappa shape index (κ2) is 4.93. The highest BCUT2D eigenvalue weighted by Gasteiger charge is 2.09. The van der Waals surface area contributed by atoms with Crippen LogP contribution in [-0.2, 0) is 13.1 Å². The Bertz CT molecular complexity index is 686. The molecule has 0 aliphatic heterocycles. The Hall–Kier alpha value is -2.01. The highest BCUT2D eigenvalue weighted by molar-refractivity contribution is 6.35. The van der Waals surface area contributed by atoms with E-state index in [4.69, 9.17) is 17.3 Å². The van der Waals surface area contributed by atoms with Crippen molar-refractivity contribution >= 4 is 28.6 Å². The van der Waals surface area contributed by atoms with E-state index in [2.05, 4.69) is 9.97 Å². The first-order chi connectivity index (χ1) is 9.25. The number of nitrogens with two attached hydrogens (primary N) is 1. The van der Waals surface area contributed by atoms with E-state index in [1.165, 1.54) is 0 Å². The molecule has 3 rings (SSSR count). The fourth-order valence-electron chi connectivity index (χ4n) is 2.20. The van der Waals surface area contributed by atoms with Gasteiger partial charge in [0.05, 0.1) is 16.9 Å². The molecule has 0 radical (unpaired) electrons. The van der Waals surface area contributed by atoms with Crippen molar-refractivity contribution in [1.82, 2.24) is 19.1 Å². The fraction of sp³-hybridized carbons (Fsp3) is 0.231. The van der Waals surface area contributed by atoms with Gasteiger partial charge in [0.2, 0.25) is 5.95 Å². The second-order valence-electron chi connectivity index (χ2n) is 4.38. The number of imidazole rings is 2. The number of halogens is 1. The number of nitrogen functional groups attached to an aromatic ring is 1. The Morgan fingerprint density at radius 1 is 1.26 bits per heavy atom. The third-order valence-electron chi connectivity index (χ3n) is 3.12. The van der Waals surface area contributed by atoms with Crippen LogP contribution >= 0.6 is 11.6 Å². The van der Waals surface area contributed by atoms with E-state index >= 15 is 0 Å². The molecule has 0 bridgehead atoms. The van der Waals surface area contributed by atoms with Crippen LogP contribution in [0.3, 0.4) is 0 Å². The van der Waals surface area contributed by atoms with Crippen molar-refractivity contribution in [1.29, 1.82) is 0 Å². The average molecular weight is 276 g/mol. The Kier molecular flexibility index (Phi) is 3.13. The highest BCUT2D eigenvalue weighted by atomic mass is 35.5. The lowest BCUT2D eigenvalue weighted by molar-refractivity contribution is 0.575. The molecule has 2 aromatic heterocycles. The highest BCUT2D eigenvalue weighted by Crippen LogP contribution is 2.25. The van der Waals surface area contributed by atoms with Gasteiger partial charge in [-0.25, -0.2) is 9.97 Å². The number of benzene rings is 1. The van der Waals surface area contributed by atoms with Crippen molar-refractivity contribution in [3.05, 3.63) is 41.9 Å². The van der Waals surface area contributed by atoms with Crippen molar-refractivity contribution in [2.75, 3.05) is 5.73 Å². The van der Waals surface area contributed by atoms with Crippen LogP contribution in [0, 0.1) is 0 Å². The lowest BCUT2D eigenvalue weighted by Gasteiger charge is -2.07. The number of rotatable bonds is 4. The SMILES string of the molecule is Nc1nc2c(Cl)cccc2n1CCCn1ccnc1. The predicted octanol–water partition coefficient (Wildman–Crippen LogP) is 2.56. The van der Waals surface area contributed by atoms with Crippen LogP contribution in [0.2, 0.25) is 5.02 Å². The van der Waals surface area contributed by atoms with Gasteiger partial charge < -0.3 is 14.9 Å². The molecule has 2 N–H and O–H groups in total. The first-order valence-electron chi connectivity index (χ1n) is 6.11. The average Bonchev–Trinajstić information content (AvgIpc) is 3.00. The first-order valence-corrected chi connectivity index (χ1v) is 6.49. The van der Waals surface area contributed by atoms with Crippen LogP contribution in [0.15, 0.2) is 36.9 Å². The minimum absolute atomic E-state index is 0.508. The van der Waals surface area contributed by atoms with Crippen molar-refractivity contribution in [3.63, 3.8) is 0 Å². The van der Waals surface area contributed by atoms with Crippen LogP contribution in [0.25, 0.3) is 11.0 Å². The number of aromatic nitrogens is 4. The summed E-state index contributed by atoms with van der Waals surface area (Å²) in [6.07, 6.45) is 6.50. The van der Waals surface area contributed by atoms with Crippen molar-refractivity contribution < 1.29 is 0 Å². The zero-order valence-corrected chi connectivity index (χ0v) is 11.1. The summed E-state index contributed by atoms with van der Waals surface area (Å²) in [5.41, 5.74) is 7.71. The van der Waals surface area contributed by atoms with Gasteiger partial charge in [0, 0.05) is 25.5 Å². The Labute approximate surface area is 115 Å². The Morgan fingerprint density at radius 2 is 2.16 bits per heavy atom. The van der Waals surface area contributed by atoms with Gasteiger partial charge in [-0.05, 0) is 18.6 Å². The number of hydrogen-bond acceptors (Lipinski definition) is 3. The zero-order valence-electron chi connectivity index (χ0n) is 10.3. The fourth-order valence-corrected chi connectivity index (χ4v) is 2.41. The molecule has 1 aromatic carbocycles. The lowest BCUT2D eigenvalue weighted by Crippen LogP contribution is -2.06. The second-order valence-corrected chi connectivity index (χ2v) is 4.79. The third kappa shape index (κ3) is 2.29. The molecule has 0 aliphatic rings. The van der Waals surface area contributed by atoms with Crippen molar-refractivity contribution in [2.45, 2.75) is 19.5 Å². The van der Waals surface area contributed by atoms with Crippen molar-refractivity contribution in [2.24, 2.45) is 0 Å². The summed E-state index contributed by atoms with van der Waals surface area (Å²) < 4.78 is 4.04. The molecule has 5 nitrogen and oxygen atoms in total. The minimum Gasteiger partial charge on any atom is -0.369 e. The molecule has 0 saturated carbocycles. The summed E-state index contributed by atoms with van der Waals surface area (Å²) in [5.74, 6) is 0.508. The Morgan fingerprint density at radius 3 is 2.95 bits per heavy atom. The van der Waals surface area contributed by atoms with Gasteiger partial charge in [-0.15, -0.1) is 0 Å². The van der Waals surface area contributed by atoms with Crippen LogP contribution in [0.4, 0.5) is 5.95 Å². The van der Waals surface area contributed by atoms with E-state index < -0.39 is 0 Å². The lowest BCUT2D eigenvalue weighted by atomic mass is 10.3. The monoisotopic (exact) mass is 275 g/mol. The molecule has 6 heteroatoms. The predicted molar refractivity (Wildman–Crippen MR) is 76.0 cm³/mol. The molecule has 3 aromatic rings. The van der Waals surface area contributed by atoms with Gasteiger partial charge >= 0.3 is 0 Å². The van der Waals surface area contributed by atoms with Gasteiger partial charge in [-0.1, -0.05) is 17.7 Å². The molecule has 0 fully saturated rings. The van der Waals surface area contributed by atoms with E-state index in [1.54, 1.807) is 6.20 Å². The number of aryl methyl sites for hydroxylation is 2. The van der Waals surface area contributed by atoms with E-state index in [1.807, 2.05) is 39.9 Å². The maximum Gasteiger partial charge on any atom is 0.201 e. The molecular formula is C13H14ClN5. The van der Waals surface area contributed by atoms with Gasteiger partial charge in [-0.2, -0.15) is 0 Å². The standard InChI is InChI=1S/C13H14ClN5/c14-10-3-1-4-11-12(10)17-13(15)19(11)7-2-6-18-8-5-16-9-18/h1,3-5,8-9H,2,6-7H2,(H2,15,17). The molecule has 0 saturated heterocycles. The van der Waals surface area contributed by atoms with Gasteiger partial charge in [0.25, 0.3) is 0 Å². The maximum absolute atomic E-state index is 6.11. The van der Waals surface area contributed by atoms with E-state index in [0.29, 0.717) is 11.0 Å². The largest absolute Gasteiger partial charge is 0.369 e. The molecule has 0 aliphatic carbocycles. The van der Waals surface area contributed by atoms with E-state index in [9.17, 15) is 0 Å². The number of nitrogens with zero attached hydrogens (tertiary/aromatic N) is 4.